The number of esters is 1. The third kappa shape index (κ3) is 7.15. The molecule has 0 amide bonds. The lowest BCUT2D eigenvalue weighted by atomic mass is 9.95. The van der Waals surface area contributed by atoms with Crippen LogP contribution in [-0.4, -0.2) is 33.6 Å². The molecule has 3 aromatic carbocycles. The van der Waals surface area contributed by atoms with Crippen molar-refractivity contribution < 1.29 is 19.0 Å². The average molecular weight is 704 g/mol. The van der Waals surface area contributed by atoms with Crippen LogP contribution in [0.3, 0.4) is 0 Å². The van der Waals surface area contributed by atoms with Crippen molar-refractivity contribution in [1.29, 1.82) is 0 Å². The zero-order valence-electron chi connectivity index (χ0n) is 23.7. The van der Waals surface area contributed by atoms with E-state index in [-0.39, 0.29) is 13.2 Å². The van der Waals surface area contributed by atoms with E-state index in [0.717, 1.165) is 28.9 Å². The molecule has 0 saturated carbocycles. The molecule has 1 atom stereocenters. The molecular weight excluding hydrogens is 675 g/mol. The summed E-state index contributed by atoms with van der Waals surface area (Å²) in [6, 6.07) is 17.9. The summed E-state index contributed by atoms with van der Waals surface area (Å²) < 4.78 is 20.1. The van der Waals surface area contributed by atoms with Crippen LogP contribution in [-0.2, 0) is 22.7 Å². The highest BCUT2D eigenvalue weighted by Gasteiger charge is 2.36. The molecule has 0 fully saturated rings. The van der Waals surface area contributed by atoms with Gasteiger partial charge in [-0.1, -0.05) is 78.3 Å². The van der Waals surface area contributed by atoms with E-state index < -0.39 is 12.0 Å². The third-order valence-electron chi connectivity index (χ3n) is 6.66. The number of hydrogen-bond donors (Lipinski definition) is 1. The van der Waals surface area contributed by atoms with E-state index >= 15 is 0 Å². The summed E-state index contributed by atoms with van der Waals surface area (Å²) in [6.07, 6.45) is 0.979. The number of methoxy groups -OCH3 is 1. The average Bonchev–Trinajstić information content (AvgIpc) is 3.40. The first kappa shape index (κ1) is 31.3. The molecule has 0 bridgehead atoms. The normalized spacial score (nSPS) is 14.2. The highest BCUT2D eigenvalue weighted by Crippen LogP contribution is 2.43. The summed E-state index contributed by atoms with van der Waals surface area (Å²) in [4.78, 5) is 18.4. The lowest BCUT2D eigenvalue weighted by molar-refractivity contribution is -0.140. The zero-order chi connectivity index (χ0) is 30.5. The topological polar surface area (TPSA) is 87.5 Å². The van der Waals surface area contributed by atoms with E-state index in [0.29, 0.717) is 48.4 Å². The number of anilines is 1. The monoisotopic (exact) mass is 702 g/mol. The van der Waals surface area contributed by atoms with Crippen molar-refractivity contribution in [3.63, 3.8) is 0 Å². The van der Waals surface area contributed by atoms with Crippen LogP contribution < -0.4 is 14.8 Å². The van der Waals surface area contributed by atoms with Gasteiger partial charge in [0.25, 0.3) is 0 Å². The Morgan fingerprint density at radius 2 is 1.91 bits per heavy atom. The van der Waals surface area contributed by atoms with Crippen LogP contribution >= 0.6 is 50.9 Å². The van der Waals surface area contributed by atoms with Gasteiger partial charge in [0.15, 0.2) is 11.5 Å². The highest BCUT2D eigenvalue weighted by atomic mass is 79.9. The van der Waals surface area contributed by atoms with Crippen LogP contribution in [0.15, 0.2) is 81.6 Å². The number of thioether (sulfide) groups is 1. The maximum atomic E-state index is 13.7. The molecular formula is C31H29BrCl2N4O4S. The number of carbonyl (C=O) groups is 1. The smallest absolute Gasteiger partial charge is 0.338 e. The second-order valence-electron chi connectivity index (χ2n) is 9.70. The first-order valence-corrected chi connectivity index (χ1v) is 16.0. The van der Waals surface area contributed by atoms with E-state index in [2.05, 4.69) is 33.2 Å². The van der Waals surface area contributed by atoms with E-state index in [4.69, 9.17) is 42.5 Å². The molecule has 4 aromatic rings. The second-order valence-corrected chi connectivity index (χ2v) is 12.5. The molecule has 1 unspecified atom stereocenters. The summed E-state index contributed by atoms with van der Waals surface area (Å²) in [6.45, 7) is 4.27. The maximum absolute atomic E-state index is 13.7. The first-order chi connectivity index (χ1) is 20.8. The Labute approximate surface area is 272 Å². The minimum atomic E-state index is -0.645. The van der Waals surface area contributed by atoms with E-state index in [1.165, 1.54) is 0 Å². The van der Waals surface area contributed by atoms with Crippen LogP contribution in [0.2, 0.25) is 10.0 Å². The van der Waals surface area contributed by atoms with Gasteiger partial charge in [-0.05, 0) is 64.7 Å². The SMILES string of the molecule is CCCSc1nc2n(n1)C(c1cc(Br)c(OCc3ccc(Cl)cc3Cl)c(OC)c1)C(C(=O)OCc1ccccc1)=C(C)N2. The number of benzene rings is 3. The van der Waals surface area contributed by atoms with Crippen molar-refractivity contribution in [2.75, 3.05) is 18.2 Å². The fraction of sp³-hybridized carbons (Fsp3) is 0.258. The van der Waals surface area contributed by atoms with Gasteiger partial charge >= 0.3 is 5.97 Å². The van der Waals surface area contributed by atoms with Crippen molar-refractivity contribution >= 4 is 62.8 Å². The van der Waals surface area contributed by atoms with Crippen molar-refractivity contribution in [3.05, 3.63) is 103 Å². The number of halogens is 3. The molecule has 0 spiro atoms. The zero-order valence-corrected chi connectivity index (χ0v) is 27.6. The van der Waals surface area contributed by atoms with Gasteiger partial charge in [0.1, 0.15) is 19.3 Å². The third-order valence-corrected chi connectivity index (χ3v) is 8.88. The number of fused-ring (bicyclic) bond motifs is 1. The highest BCUT2D eigenvalue weighted by molar-refractivity contribution is 9.10. The summed E-state index contributed by atoms with van der Waals surface area (Å²) in [5.41, 5.74) is 3.43. The molecule has 1 N–H and O–H groups in total. The number of nitrogens with zero attached hydrogens (tertiary/aromatic N) is 3. The van der Waals surface area contributed by atoms with Crippen molar-refractivity contribution in [1.82, 2.24) is 14.8 Å². The Morgan fingerprint density at radius 1 is 1.12 bits per heavy atom. The Morgan fingerprint density at radius 3 is 2.63 bits per heavy atom. The minimum absolute atomic E-state index is 0.137. The number of aromatic nitrogens is 3. The Hall–Kier alpha value is -3.18. The number of hydrogen-bond acceptors (Lipinski definition) is 8. The molecule has 2 heterocycles. The van der Waals surface area contributed by atoms with Gasteiger partial charge < -0.3 is 19.5 Å². The molecule has 8 nitrogen and oxygen atoms in total. The summed E-state index contributed by atoms with van der Waals surface area (Å²) >= 11 is 17.6. The standard InChI is InChI=1S/C31H29BrCl2N4O4S/c1-4-12-43-31-36-30-35-18(2)26(29(39)42-16-19-8-6-5-7-9-19)27(38(30)37-31)21-13-23(32)28(25(14-21)40-3)41-17-20-10-11-22(33)15-24(20)34/h5-11,13-15,27H,4,12,16-17H2,1-3H3,(H,35,36,37). The van der Waals surface area contributed by atoms with Crippen molar-refractivity contribution in [3.8, 4) is 11.5 Å². The lowest BCUT2D eigenvalue weighted by Gasteiger charge is -2.29. The van der Waals surface area contributed by atoms with Gasteiger partial charge in [-0.15, -0.1) is 5.10 Å². The van der Waals surface area contributed by atoms with Gasteiger partial charge in [-0.2, -0.15) is 4.98 Å². The van der Waals surface area contributed by atoms with Gasteiger partial charge in [-0.25, -0.2) is 9.48 Å². The molecule has 0 saturated heterocycles. The molecule has 43 heavy (non-hydrogen) atoms. The van der Waals surface area contributed by atoms with Crippen LogP contribution in [0.4, 0.5) is 5.95 Å². The molecule has 224 valence electrons. The maximum Gasteiger partial charge on any atom is 0.338 e. The van der Waals surface area contributed by atoms with Gasteiger partial charge in [0.05, 0.1) is 17.2 Å². The molecule has 1 aliphatic heterocycles. The fourth-order valence-electron chi connectivity index (χ4n) is 4.59. The molecule has 0 radical (unpaired) electrons. The second kappa shape index (κ2) is 14.1. The first-order valence-electron chi connectivity index (χ1n) is 13.5. The number of allylic oxidation sites excluding steroid dienone is 1. The van der Waals surface area contributed by atoms with Gasteiger partial charge in [0, 0.05) is 27.1 Å². The Kier molecular flexibility index (Phi) is 10.2. The van der Waals surface area contributed by atoms with E-state index in [1.807, 2.05) is 55.5 Å². The summed E-state index contributed by atoms with van der Waals surface area (Å²) in [5, 5.41) is 9.70. The molecule has 0 aliphatic carbocycles. The predicted molar refractivity (Wildman–Crippen MR) is 173 cm³/mol. The van der Waals surface area contributed by atoms with Gasteiger partial charge in [-0.3, -0.25) is 0 Å². The molecule has 5 rings (SSSR count). The van der Waals surface area contributed by atoms with Crippen LogP contribution in [0.1, 0.15) is 43.0 Å². The number of ether oxygens (including phenoxy) is 3. The molecule has 12 heteroatoms. The quantitative estimate of drug-likeness (QED) is 0.123. The molecule has 1 aliphatic rings. The van der Waals surface area contributed by atoms with Crippen molar-refractivity contribution in [2.45, 2.75) is 44.7 Å². The summed E-state index contributed by atoms with van der Waals surface area (Å²) in [7, 11) is 1.56. The number of carbonyl (C=O) groups excluding carboxylic acids is 1. The summed E-state index contributed by atoms with van der Waals surface area (Å²) in [5.74, 6) is 1.89. The van der Waals surface area contributed by atoms with Crippen LogP contribution in [0.25, 0.3) is 0 Å². The van der Waals surface area contributed by atoms with E-state index in [1.54, 1.807) is 35.7 Å². The van der Waals surface area contributed by atoms with Crippen LogP contribution in [0.5, 0.6) is 11.5 Å². The van der Waals surface area contributed by atoms with Crippen molar-refractivity contribution in [2.24, 2.45) is 0 Å². The largest absolute Gasteiger partial charge is 0.493 e. The Balaban J connectivity index is 1.51. The lowest BCUT2D eigenvalue weighted by Crippen LogP contribution is -2.29. The minimum Gasteiger partial charge on any atom is -0.493 e. The fourth-order valence-corrected chi connectivity index (χ4v) is 6.31. The van der Waals surface area contributed by atoms with Crippen LogP contribution in [0, 0.1) is 0 Å². The van der Waals surface area contributed by atoms with Gasteiger partial charge in [0.2, 0.25) is 11.1 Å². The molecule has 1 aromatic heterocycles. The predicted octanol–water partition coefficient (Wildman–Crippen LogP) is 8.47. The van der Waals surface area contributed by atoms with E-state index in [9.17, 15) is 4.79 Å². The number of nitrogens with one attached hydrogen (secondary N) is 1. The Bertz CT molecular complexity index is 1670. The number of rotatable bonds is 11.